The number of nitrogens with one attached hydrogen (secondary N) is 1. The van der Waals surface area contributed by atoms with E-state index in [1.807, 2.05) is 13.8 Å². The molecule has 138 valence electrons. The van der Waals surface area contributed by atoms with Crippen molar-refractivity contribution in [3.63, 3.8) is 0 Å². The zero-order chi connectivity index (χ0) is 18.4. The number of methoxy groups -OCH3 is 1. The van der Waals surface area contributed by atoms with Gasteiger partial charge in [0.05, 0.1) is 24.6 Å². The summed E-state index contributed by atoms with van der Waals surface area (Å²) in [4.78, 5) is 23.8. The molecule has 0 spiro atoms. The summed E-state index contributed by atoms with van der Waals surface area (Å²) in [5, 5.41) is 10.9. The van der Waals surface area contributed by atoms with Gasteiger partial charge in [-0.2, -0.15) is 0 Å². The molecular weight excluding hydrogens is 338 g/mol. The standard InChI is InChI=1S/C18H27N3O3S/c1-5-6-7-14(22)10-21(8-9-24-4)11-15-19-17(23)16-12(2)13(3)25-18(16)20-15/h5,14,22H,1,6-11H2,2-4H3,(H,19,20,23)/t14-/m1/s1. The predicted octanol–water partition coefficient (Wildman–Crippen LogP) is 2.38. The third-order valence-corrected chi connectivity index (χ3v) is 5.35. The molecule has 0 amide bonds. The molecule has 0 aliphatic carbocycles. The van der Waals surface area contributed by atoms with Gasteiger partial charge in [-0.1, -0.05) is 6.08 Å². The van der Waals surface area contributed by atoms with Gasteiger partial charge < -0.3 is 14.8 Å². The monoisotopic (exact) mass is 365 g/mol. The van der Waals surface area contributed by atoms with Gasteiger partial charge in [-0.3, -0.25) is 9.69 Å². The maximum atomic E-state index is 12.4. The molecule has 0 aromatic carbocycles. The summed E-state index contributed by atoms with van der Waals surface area (Å²) >= 11 is 1.54. The zero-order valence-corrected chi connectivity index (χ0v) is 16.0. The van der Waals surface area contributed by atoms with Gasteiger partial charge >= 0.3 is 0 Å². The lowest BCUT2D eigenvalue weighted by atomic mass is 10.2. The van der Waals surface area contributed by atoms with Crippen molar-refractivity contribution in [1.29, 1.82) is 0 Å². The van der Waals surface area contributed by atoms with E-state index in [1.54, 1.807) is 24.5 Å². The Bertz CT molecular complexity index is 769. The second-order valence-electron chi connectivity index (χ2n) is 6.22. The van der Waals surface area contributed by atoms with Gasteiger partial charge in [0.15, 0.2) is 0 Å². The number of nitrogens with zero attached hydrogens (tertiary/aromatic N) is 2. The fourth-order valence-corrected chi connectivity index (χ4v) is 3.79. The second-order valence-corrected chi connectivity index (χ2v) is 7.43. The van der Waals surface area contributed by atoms with Crippen LogP contribution >= 0.6 is 11.3 Å². The summed E-state index contributed by atoms with van der Waals surface area (Å²) < 4.78 is 5.16. The van der Waals surface area contributed by atoms with E-state index in [1.165, 1.54) is 0 Å². The van der Waals surface area contributed by atoms with Crippen molar-refractivity contribution < 1.29 is 9.84 Å². The van der Waals surface area contributed by atoms with Gasteiger partial charge in [0.1, 0.15) is 10.7 Å². The minimum absolute atomic E-state index is 0.0965. The molecule has 6 nitrogen and oxygen atoms in total. The molecule has 1 atom stereocenters. The highest BCUT2D eigenvalue weighted by Gasteiger charge is 2.16. The van der Waals surface area contributed by atoms with Crippen LogP contribution < -0.4 is 5.56 Å². The Kier molecular flexibility index (Phi) is 7.31. The number of ether oxygens (including phenoxy) is 1. The first-order valence-electron chi connectivity index (χ1n) is 8.45. The molecule has 2 aromatic heterocycles. The van der Waals surface area contributed by atoms with Crippen LogP contribution in [0.1, 0.15) is 29.1 Å². The average molecular weight is 365 g/mol. The van der Waals surface area contributed by atoms with Crippen LogP contribution in [0.2, 0.25) is 0 Å². The number of thiophene rings is 1. The minimum Gasteiger partial charge on any atom is -0.392 e. The Balaban J connectivity index is 2.18. The number of fused-ring (bicyclic) bond motifs is 1. The summed E-state index contributed by atoms with van der Waals surface area (Å²) in [7, 11) is 1.65. The van der Waals surface area contributed by atoms with E-state index in [0.717, 1.165) is 21.7 Å². The van der Waals surface area contributed by atoms with Crippen LogP contribution in [-0.4, -0.2) is 52.9 Å². The molecule has 2 rings (SSSR count). The maximum Gasteiger partial charge on any atom is 0.259 e. The topological polar surface area (TPSA) is 78.5 Å². The molecule has 2 aromatic rings. The van der Waals surface area contributed by atoms with Gasteiger partial charge in [-0.15, -0.1) is 17.9 Å². The largest absolute Gasteiger partial charge is 0.392 e. The molecule has 2 heterocycles. The van der Waals surface area contributed by atoms with Crippen molar-refractivity contribution in [1.82, 2.24) is 14.9 Å². The van der Waals surface area contributed by atoms with Crippen LogP contribution in [0, 0.1) is 13.8 Å². The molecule has 0 saturated heterocycles. The third kappa shape index (κ3) is 5.22. The SMILES string of the molecule is C=CCC[C@@H](O)CN(CCOC)Cc1nc2sc(C)c(C)c2c(=O)[nH]1. The Morgan fingerprint density at radius 2 is 2.24 bits per heavy atom. The van der Waals surface area contributed by atoms with Crippen LogP contribution in [0.4, 0.5) is 0 Å². The zero-order valence-electron chi connectivity index (χ0n) is 15.2. The first-order chi connectivity index (χ1) is 12.0. The first kappa shape index (κ1) is 19.8. The van der Waals surface area contributed by atoms with E-state index in [-0.39, 0.29) is 5.56 Å². The van der Waals surface area contributed by atoms with Crippen LogP contribution in [0.15, 0.2) is 17.4 Å². The van der Waals surface area contributed by atoms with Crippen LogP contribution in [0.5, 0.6) is 0 Å². The Hall–Kier alpha value is -1.54. The van der Waals surface area contributed by atoms with Crippen molar-refractivity contribution in [3.8, 4) is 0 Å². The fraction of sp³-hybridized carbons (Fsp3) is 0.556. The molecule has 0 saturated carbocycles. The molecule has 7 heteroatoms. The van der Waals surface area contributed by atoms with Crippen LogP contribution in [-0.2, 0) is 11.3 Å². The predicted molar refractivity (Wildman–Crippen MR) is 102 cm³/mol. The molecule has 25 heavy (non-hydrogen) atoms. The van der Waals surface area contributed by atoms with Crippen molar-refractivity contribution in [3.05, 3.63) is 39.3 Å². The van der Waals surface area contributed by atoms with Gasteiger partial charge in [-0.25, -0.2) is 4.98 Å². The quantitative estimate of drug-likeness (QED) is 0.632. The minimum atomic E-state index is -0.448. The lowest BCUT2D eigenvalue weighted by molar-refractivity contribution is 0.0796. The summed E-state index contributed by atoms with van der Waals surface area (Å²) in [6.07, 6.45) is 2.79. The van der Waals surface area contributed by atoms with Crippen molar-refractivity contribution in [2.24, 2.45) is 0 Å². The molecule has 0 unspecified atom stereocenters. The summed E-state index contributed by atoms with van der Waals surface area (Å²) in [6, 6.07) is 0. The fourth-order valence-electron chi connectivity index (χ4n) is 2.74. The Morgan fingerprint density at radius 1 is 1.48 bits per heavy atom. The second kappa shape index (κ2) is 9.24. The van der Waals surface area contributed by atoms with E-state index in [2.05, 4.69) is 21.4 Å². The number of aliphatic hydroxyl groups is 1. The number of aliphatic hydroxyl groups excluding tert-OH is 1. The summed E-state index contributed by atoms with van der Waals surface area (Å²) in [6.45, 7) is 9.82. The van der Waals surface area contributed by atoms with Crippen molar-refractivity contribution in [2.45, 2.75) is 39.3 Å². The van der Waals surface area contributed by atoms with Crippen LogP contribution in [0.3, 0.4) is 0 Å². The van der Waals surface area contributed by atoms with E-state index in [4.69, 9.17) is 4.74 Å². The number of rotatable bonds is 10. The van der Waals surface area contributed by atoms with Crippen molar-refractivity contribution in [2.75, 3.05) is 26.8 Å². The summed E-state index contributed by atoms with van der Waals surface area (Å²) in [5.41, 5.74) is 0.900. The highest BCUT2D eigenvalue weighted by Crippen LogP contribution is 2.25. The van der Waals surface area contributed by atoms with Gasteiger partial charge in [-0.05, 0) is 32.3 Å². The molecule has 2 N–H and O–H groups in total. The maximum absolute atomic E-state index is 12.4. The van der Waals surface area contributed by atoms with Gasteiger partial charge in [0.2, 0.25) is 0 Å². The smallest absolute Gasteiger partial charge is 0.259 e. The van der Waals surface area contributed by atoms with E-state index < -0.39 is 6.10 Å². The third-order valence-electron chi connectivity index (χ3n) is 4.25. The number of H-pyrrole nitrogens is 1. The molecule has 0 radical (unpaired) electrons. The molecule has 0 fully saturated rings. The van der Waals surface area contributed by atoms with E-state index in [9.17, 15) is 9.90 Å². The van der Waals surface area contributed by atoms with Crippen LogP contribution in [0.25, 0.3) is 10.2 Å². The lowest BCUT2D eigenvalue weighted by Crippen LogP contribution is -2.35. The molecule has 0 aliphatic heterocycles. The number of aryl methyl sites for hydroxylation is 2. The molecule has 0 aliphatic rings. The molecular formula is C18H27N3O3S. The number of hydrogen-bond acceptors (Lipinski definition) is 6. The summed E-state index contributed by atoms with van der Waals surface area (Å²) in [5.74, 6) is 0.616. The first-order valence-corrected chi connectivity index (χ1v) is 9.27. The van der Waals surface area contributed by atoms with E-state index >= 15 is 0 Å². The van der Waals surface area contributed by atoms with Gasteiger partial charge in [0, 0.05) is 25.1 Å². The number of allylic oxidation sites excluding steroid dienone is 1. The Morgan fingerprint density at radius 3 is 2.92 bits per heavy atom. The van der Waals surface area contributed by atoms with E-state index in [0.29, 0.717) is 43.9 Å². The molecule has 0 bridgehead atoms. The van der Waals surface area contributed by atoms with Gasteiger partial charge in [0.25, 0.3) is 5.56 Å². The highest BCUT2D eigenvalue weighted by atomic mass is 32.1. The highest BCUT2D eigenvalue weighted by molar-refractivity contribution is 7.18. The number of hydrogen-bond donors (Lipinski definition) is 2. The number of aromatic amines is 1. The Labute approximate surface area is 152 Å². The average Bonchev–Trinajstić information content (AvgIpc) is 2.85. The van der Waals surface area contributed by atoms with Crippen molar-refractivity contribution >= 4 is 21.6 Å². The number of aromatic nitrogens is 2. The normalized spacial score (nSPS) is 12.8. The lowest BCUT2D eigenvalue weighted by Gasteiger charge is -2.24.